The molecule has 0 unspecified atom stereocenters. The Kier molecular flexibility index (Phi) is 9.25. The number of esters is 1. The Balaban J connectivity index is 1.52. The SMILES string of the molecule is Cc1c(NCc2ccc(COC(=O)[C@H](N)CO)c(OCc3cncc(C#N)c3)c2)cccc1-c1ccccc1. The monoisotopic (exact) mass is 522 g/mol. The van der Waals surface area contributed by atoms with Gasteiger partial charge in [-0.2, -0.15) is 5.26 Å². The fourth-order valence-electron chi connectivity index (χ4n) is 4.04. The number of nitrogens with zero attached hydrogens (tertiary/aromatic N) is 2. The highest BCUT2D eigenvalue weighted by atomic mass is 16.5. The first-order valence-electron chi connectivity index (χ1n) is 12.5. The van der Waals surface area contributed by atoms with E-state index < -0.39 is 18.6 Å². The number of hydrogen-bond donors (Lipinski definition) is 3. The summed E-state index contributed by atoms with van der Waals surface area (Å²) in [6.07, 6.45) is 3.12. The van der Waals surface area contributed by atoms with Crippen LogP contribution in [0.2, 0.25) is 0 Å². The van der Waals surface area contributed by atoms with Crippen molar-refractivity contribution in [1.82, 2.24) is 4.98 Å². The van der Waals surface area contributed by atoms with Crippen molar-refractivity contribution >= 4 is 11.7 Å². The highest BCUT2D eigenvalue weighted by Crippen LogP contribution is 2.29. The molecule has 0 saturated carbocycles. The first-order valence-corrected chi connectivity index (χ1v) is 12.5. The van der Waals surface area contributed by atoms with Gasteiger partial charge in [-0.25, -0.2) is 0 Å². The zero-order valence-electron chi connectivity index (χ0n) is 21.6. The van der Waals surface area contributed by atoms with Crippen molar-refractivity contribution in [3.8, 4) is 22.9 Å². The fraction of sp³-hybridized carbons (Fsp3) is 0.194. The highest BCUT2D eigenvalue weighted by Gasteiger charge is 2.16. The second-order valence-corrected chi connectivity index (χ2v) is 9.02. The van der Waals surface area contributed by atoms with E-state index in [1.54, 1.807) is 12.3 Å². The summed E-state index contributed by atoms with van der Waals surface area (Å²) in [4.78, 5) is 16.1. The smallest absolute Gasteiger partial charge is 0.325 e. The summed E-state index contributed by atoms with van der Waals surface area (Å²) in [6.45, 7) is 2.24. The summed E-state index contributed by atoms with van der Waals surface area (Å²) >= 11 is 0. The molecule has 4 rings (SSSR count). The van der Waals surface area contributed by atoms with E-state index in [0.717, 1.165) is 33.5 Å². The number of carbonyl (C=O) groups excluding carboxylic acids is 1. The summed E-state index contributed by atoms with van der Waals surface area (Å²) in [7, 11) is 0. The second-order valence-electron chi connectivity index (χ2n) is 9.02. The molecule has 0 saturated heterocycles. The number of carbonyl (C=O) groups is 1. The zero-order valence-corrected chi connectivity index (χ0v) is 21.6. The minimum Gasteiger partial charge on any atom is -0.488 e. The van der Waals surface area contributed by atoms with E-state index in [9.17, 15) is 4.79 Å². The number of aliphatic hydroxyl groups excluding tert-OH is 1. The maximum absolute atomic E-state index is 12.0. The molecule has 0 aliphatic rings. The van der Waals surface area contributed by atoms with Crippen molar-refractivity contribution < 1.29 is 19.4 Å². The quantitative estimate of drug-likeness (QED) is 0.246. The molecule has 0 aliphatic carbocycles. The predicted octanol–water partition coefficient (Wildman–Crippen LogP) is 4.48. The topological polar surface area (TPSA) is 130 Å². The van der Waals surface area contributed by atoms with Crippen LogP contribution in [0.15, 0.2) is 85.2 Å². The van der Waals surface area contributed by atoms with Crippen LogP contribution in [0, 0.1) is 18.3 Å². The molecule has 3 aromatic carbocycles. The Hall–Kier alpha value is -4.71. The molecule has 198 valence electrons. The molecule has 8 heteroatoms. The number of aromatic nitrogens is 1. The number of benzene rings is 3. The lowest BCUT2D eigenvalue weighted by atomic mass is 9.99. The number of nitrogens with two attached hydrogens (primary N) is 1. The Morgan fingerprint density at radius 3 is 2.64 bits per heavy atom. The molecule has 8 nitrogen and oxygen atoms in total. The van der Waals surface area contributed by atoms with Crippen LogP contribution in [0.3, 0.4) is 0 Å². The number of hydrogen-bond acceptors (Lipinski definition) is 8. The van der Waals surface area contributed by atoms with E-state index >= 15 is 0 Å². The summed E-state index contributed by atoms with van der Waals surface area (Å²) < 4.78 is 11.4. The molecule has 1 aromatic heterocycles. The van der Waals surface area contributed by atoms with Crippen LogP contribution in [-0.2, 0) is 29.3 Å². The van der Waals surface area contributed by atoms with Crippen molar-refractivity contribution in [2.24, 2.45) is 5.73 Å². The van der Waals surface area contributed by atoms with Crippen LogP contribution in [0.25, 0.3) is 11.1 Å². The van der Waals surface area contributed by atoms with Crippen LogP contribution in [0.1, 0.15) is 27.8 Å². The summed E-state index contributed by atoms with van der Waals surface area (Å²) in [5, 5.41) is 21.8. The third-order valence-electron chi connectivity index (χ3n) is 6.22. The predicted molar refractivity (Wildman–Crippen MR) is 149 cm³/mol. The Labute approximate surface area is 227 Å². The molecule has 0 amide bonds. The van der Waals surface area contributed by atoms with E-state index in [4.69, 9.17) is 25.6 Å². The first kappa shape index (κ1) is 27.3. The summed E-state index contributed by atoms with van der Waals surface area (Å²) in [6, 6.07) is 24.8. The van der Waals surface area contributed by atoms with E-state index in [2.05, 4.69) is 41.5 Å². The molecular formula is C31H30N4O4. The van der Waals surface area contributed by atoms with Crippen LogP contribution < -0.4 is 15.8 Å². The van der Waals surface area contributed by atoms with Gasteiger partial charge in [0.05, 0.1) is 12.2 Å². The van der Waals surface area contributed by atoms with Gasteiger partial charge >= 0.3 is 5.97 Å². The van der Waals surface area contributed by atoms with Gasteiger partial charge in [0.25, 0.3) is 0 Å². The molecule has 0 aliphatic heterocycles. The van der Waals surface area contributed by atoms with Crippen LogP contribution in [0.4, 0.5) is 5.69 Å². The molecule has 4 N–H and O–H groups in total. The van der Waals surface area contributed by atoms with E-state index in [0.29, 0.717) is 23.4 Å². The Bertz CT molecular complexity index is 1470. The van der Waals surface area contributed by atoms with E-state index in [1.807, 2.05) is 48.5 Å². The number of rotatable bonds is 11. The van der Waals surface area contributed by atoms with Crippen molar-refractivity contribution in [3.63, 3.8) is 0 Å². The van der Waals surface area contributed by atoms with Crippen molar-refractivity contribution in [3.05, 3.63) is 113 Å². The summed E-state index contributed by atoms with van der Waals surface area (Å²) in [5.41, 5.74) is 12.8. The molecule has 0 spiro atoms. The third kappa shape index (κ3) is 7.20. The number of nitrogens with one attached hydrogen (secondary N) is 1. The van der Waals surface area contributed by atoms with Crippen LogP contribution >= 0.6 is 0 Å². The molecule has 0 fully saturated rings. The largest absolute Gasteiger partial charge is 0.488 e. The van der Waals surface area contributed by atoms with Crippen molar-refractivity contribution in [2.45, 2.75) is 32.7 Å². The van der Waals surface area contributed by atoms with Crippen molar-refractivity contribution in [1.29, 1.82) is 5.26 Å². The number of aliphatic hydroxyl groups is 1. The molecule has 4 aromatic rings. The summed E-state index contributed by atoms with van der Waals surface area (Å²) in [5.74, 6) is -0.175. The minimum atomic E-state index is -1.10. The van der Waals surface area contributed by atoms with Gasteiger partial charge in [0.15, 0.2) is 0 Å². The van der Waals surface area contributed by atoms with E-state index in [-0.39, 0.29) is 13.2 Å². The maximum atomic E-state index is 12.0. The second kappa shape index (κ2) is 13.2. The van der Waals surface area contributed by atoms with Gasteiger partial charge in [-0.05, 0) is 47.4 Å². The number of nitriles is 1. The maximum Gasteiger partial charge on any atom is 0.325 e. The average Bonchev–Trinajstić information content (AvgIpc) is 2.98. The molecule has 0 radical (unpaired) electrons. The van der Waals surface area contributed by atoms with Gasteiger partial charge in [-0.3, -0.25) is 9.78 Å². The van der Waals surface area contributed by atoms with Gasteiger partial charge in [-0.15, -0.1) is 0 Å². The average molecular weight is 523 g/mol. The van der Waals surface area contributed by atoms with Gasteiger partial charge in [-0.1, -0.05) is 54.6 Å². The Morgan fingerprint density at radius 1 is 1.05 bits per heavy atom. The first-order chi connectivity index (χ1) is 19.0. The number of ether oxygens (including phenoxy) is 2. The minimum absolute atomic E-state index is 0.0652. The molecule has 39 heavy (non-hydrogen) atoms. The molecular weight excluding hydrogens is 492 g/mol. The lowest BCUT2D eigenvalue weighted by Crippen LogP contribution is -2.35. The lowest BCUT2D eigenvalue weighted by molar-refractivity contribution is -0.147. The molecule has 0 bridgehead atoms. The lowest BCUT2D eigenvalue weighted by Gasteiger charge is -2.17. The normalized spacial score (nSPS) is 11.3. The third-order valence-corrected chi connectivity index (χ3v) is 6.22. The van der Waals surface area contributed by atoms with Gasteiger partial charge in [0, 0.05) is 35.8 Å². The highest BCUT2D eigenvalue weighted by molar-refractivity contribution is 5.75. The zero-order chi connectivity index (χ0) is 27.6. The van der Waals surface area contributed by atoms with Gasteiger partial charge in [0.2, 0.25) is 0 Å². The Morgan fingerprint density at radius 2 is 1.87 bits per heavy atom. The fourth-order valence-corrected chi connectivity index (χ4v) is 4.04. The number of pyridine rings is 1. The standard InChI is InChI=1S/C31H30N4O4/c1-21-27(25-6-3-2-4-7-25)8-5-9-29(21)35-17-22-10-11-26(20-39-31(37)28(33)18-36)30(13-22)38-19-24-12-23(14-32)15-34-16-24/h2-13,15-16,28,35-36H,17-20,33H2,1H3/t28-/m1/s1. The van der Waals surface area contributed by atoms with Gasteiger partial charge in [0.1, 0.15) is 31.1 Å². The van der Waals surface area contributed by atoms with Crippen LogP contribution in [-0.4, -0.2) is 28.7 Å². The number of anilines is 1. The molecule has 1 heterocycles. The molecule has 1 atom stereocenters. The van der Waals surface area contributed by atoms with E-state index in [1.165, 1.54) is 6.20 Å². The van der Waals surface area contributed by atoms with Crippen LogP contribution in [0.5, 0.6) is 5.75 Å². The van der Waals surface area contributed by atoms with Gasteiger partial charge < -0.3 is 25.6 Å². The van der Waals surface area contributed by atoms with Crippen molar-refractivity contribution in [2.75, 3.05) is 11.9 Å².